The summed E-state index contributed by atoms with van der Waals surface area (Å²) in [5.74, 6) is -1.45. The fourth-order valence-electron chi connectivity index (χ4n) is 3.92. The number of nitrogens with one attached hydrogen (secondary N) is 1. The SMILES string of the molecule is CN(C)c1ccc(C2C3=C(Sc4[nH]c(=O)sc42)C(=O)c2cccc(O)c2C3=O)cc1. The molecule has 5 rings (SSSR count). The van der Waals surface area contributed by atoms with Crippen LogP contribution in [0, 0.1) is 0 Å². The van der Waals surface area contributed by atoms with Gasteiger partial charge in [0.05, 0.1) is 26.3 Å². The summed E-state index contributed by atoms with van der Waals surface area (Å²) in [4.78, 5) is 44.4. The standard InChI is InChI=1S/C22H16N2O4S2/c1-24(2)11-8-6-10(7-9-11)14-16-18(27)15-12(4-3-5-13(15)25)17(26)19(16)29-21-20(14)30-22(28)23-21/h3-9,14,25H,1-2H3,(H,23,28). The Morgan fingerprint density at radius 3 is 2.43 bits per heavy atom. The summed E-state index contributed by atoms with van der Waals surface area (Å²) in [6, 6.07) is 12.2. The van der Waals surface area contributed by atoms with E-state index < -0.39 is 5.92 Å². The molecule has 3 aromatic rings. The van der Waals surface area contributed by atoms with Gasteiger partial charge in [0.15, 0.2) is 5.78 Å². The van der Waals surface area contributed by atoms with Crippen LogP contribution in [0.5, 0.6) is 5.75 Å². The molecule has 2 aliphatic rings. The van der Waals surface area contributed by atoms with E-state index in [1.54, 1.807) is 12.1 Å². The van der Waals surface area contributed by atoms with Gasteiger partial charge in [0.25, 0.3) is 0 Å². The van der Waals surface area contributed by atoms with E-state index >= 15 is 0 Å². The van der Waals surface area contributed by atoms with E-state index in [-0.39, 0.29) is 33.3 Å². The Kier molecular flexibility index (Phi) is 4.23. The zero-order valence-electron chi connectivity index (χ0n) is 16.1. The van der Waals surface area contributed by atoms with Crippen LogP contribution in [-0.4, -0.2) is 35.8 Å². The zero-order chi connectivity index (χ0) is 21.2. The number of aromatic hydroxyl groups is 1. The number of nitrogens with zero attached hydrogens (tertiary/aromatic N) is 1. The average molecular weight is 437 g/mol. The maximum Gasteiger partial charge on any atom is 0.305 e. The van der Waals surface area contributed by atoms with Gasteiger partial charge in [0, 0.05) is 30.9 Å². The number of phenols is 1. The van der Waals surface area contributed by atoms with Gasteiger partial charge in [0.1, 0.15) is 5.75 Å². The third-order valence-corrected chi connectivity index (χ3v) is 7.56. The lowest BCUT2D eigenvalue weighted by Crippen LogP contribution is -2.27. The molecule has 1 unspecified atom stereocenters. The number of carbonyl (C=O) groups is 2. The van der Waals surface area contributed by atoms with Gasteiger partial charge in [-0.25, -0.2) is 0 Å². The number of ketones is 2. The number of H-pyrrole nitrogens is 1. The Bertz CT molecular complexity index is 1320. The topological polar surface area (TPSA) is 90.5 Å². The number of aromatic nitrogens is 1. The maximum absolute atomic E-state index is 13.5. The smallest absolute Gasteiger partial charge is 0.305 e. The van der Waals surface area contributed by atoms with Crippen LogP contribution in [0.25, 0.3) is 0 Å². The second-order valence-electron chi connectivity index (χ2n) is 7.33. The molecule has 1 aliphatic heterocycles. The fraction of sp³-hybridized carbons (Fsp3) is 0.136. The minimum Gasteiger partial charge on any atom is -0.507 e. The van der Waals surface area contributed by atoms with Crippen LogP contribution in [0.4, 0.5) is 5.69 Å². The Labute approximate surface area is 179 Å². The molecule has 0 amide bonds. The van der Waals surface area contributed by atoms with Crippen molar-refractivity contribution in [2.75, 3.05) is 19.0 Å². The van der Waals surface area contributed by atoms with Crippen LogP contribution >= 0.6 is 23.1 Å². The number of thioether (sulfide) groups is 1. The van der Waals surface area contributed by atoms with Crippen LogP contribution in [-0.2, 0) is 0 Å². The van der Waals surface area contributed by atoms with E-state index in [0.29, 0.717) is 20.4 Å². The number of allylic oxidation sites excluding steroid dienone is 2. The van der Waals surface area contributed by atoms with Gasteiger partial charge in [-0.15, -0.1) is 0 Å². The summed E-state index contributed by atoms with van der Waals surface area (Å²) in [5, 5.41) is 10.9. The highest BCUT2D eigenvalue weighted by Gasteiger charge is 2.43. The molecule has 1 aliphatic carbocycles. The predicted molar refractivity (Wildman–Crippen MR) is 117 cm³/mol. The summed E-state index contributed by atoms with van der Waals surface area (Å²) < 4.78 is 0. The summed E-state index contributed by atoms with van der Waals surface area (Å²) in [6.07, 6.45) is 0. The van der Waals surface area contributed by atoms with Crippen LogP contribution < -0.4 is 9.77 Å². The molecule has 0 spiro atoms. The van der Waals surface area contributed by atoms with Crippen LogP contribution in [0.3, 0.4) is 0 Å². The van der Waals surface area contributed by atoms with E-state index in [0.717, 1.165) is 34.3 Å². The molecule has 1 atom stereocenters. The molecule has 0 saturated carbocycles. The average Bonchev–Trinajstić information content (AvgIpc) is 3.10. The van der Waals surface area contributed by atoms with Crippen molar-refractivity contribution in [3.63, 3.8) is 0 Å². The van der Waals surface area contributed by atoms with Crippen molar-refractivity contribution in [2.24, 2.45) is 0 Å². The second kappa shape index (κ2) is 6.72. The lowest BCUT2D eigenvalue weighted by molar-refractivity contribution is 0.0974. The quantitative estimate of drug-likeness (QED) is 0.635. The number of rotatable bonds is 2. The molecule has 0 saturated heterocycles. The highest BCUT2D eigenvalue weighted by Crippen LogP contribution is 2.52. The monoisotopic (exact) mass is 436 g/mol. The molecule has 6 nitrogen and oxygen atoms in total. The molecule has 1 aromatic heterocycles. The third kappa shape index (κ3) is 2.68. The van der Waals surface area contributed by atoms with E-state index in [2.05, 4.69) is 4.98 Å². The van der Waals surface area contributed by atoms with Gasteiger partial charge < -0.3 is 15.0 Å². The summed E-state index contributed by atoms with van der Waals surface area (Å²) in [5.41, 5.74) is 2.34. The Balaban J connectivity index is 1.75. The summed E-state index contributed by atoms with van der Waals surface area (Å²) >= 11 is 2.17. The molecule has 2 heterocycles. The number of benzene rings is 2. The first-order valence-corrected chi connectivity index (χ1v) is 10.8. The first kappa shape index (κ1) is 18.9. The first-order chi connectivity index (χ1) is 14.4. The number of hydrogen-bond acceptors (Lipinski definition) is 7. The molecule has 2 aromatic carbocycles. The molecule has 30 heavy (non-hydrogen) atoms. The van der Waals surface area contributed by atoms with E-state index in [4.69, 9.17) is 0 Å². The van der Waals surface area contributed by atoms with Gasteiger partial charge in [-0.2, -0.15) is 0 Å². The molecule has 0 fully saturated rings. The van der Waals surface area contributed by atoms with Crippen LogP contribution in [0.1, 0.15) is 37.1 Å². The van der Waals surface area contributed by atoms with Crippen molar-refractivity contribution < 1.29 is 14.7 Å². The van der Waals surface area contributed by atoms with E-state index in [1.807, 2.05) is 43.3 Å². The normalized spacial score (nSPS) is 17.5. The highest BCUT2D eigenvalue weighted by molar-refractivity contribution is 8.04. The van der Waals surface area contributed by atoms with Crippen molar-refractivity contribution in [1.29, 1.82) is 0 Å². The minimum absolute atomic E-state index is 0.0306. The van der Waals surface area contributed by atoms with Gasteiger partial charge in [-0.3, -0.25) is 14.4 Å². The number of Topliss-reactive ketones (excluding diaryl/α,β-unsaturated/α-hetero) is 2. The van der Waals surface area contributed by atoms with Crippen molar-refractivity contribution >= 4 is 40.4 Å². The lowest BCUT2D eigenvalue weighted by Gasteiger charge is -2.30. The summed E-state index contributed by atoms with van der Waals surface area (Å²) in [7, 11) is 3.87. The second-order valence-corrected chi connectivity index (χ2v) is 9.37. The minimum atomic E-state index is -0.555. The molecule has 0 radical (unpaired) electrons. The Morgan fingerprint density at radius 2 is 1.73 bits per heavy atom. The first-order valence-electron chi connectivity index (χ1n) is 9.20. The van der Waals surface area contributed by atoms with Gasteiger partial charge in [0.2, 0.25) is 5.78 Å². The molecule has 0 bridgehead atoms. The zero-order valence-corrected chi connectivity index (χ0v) is 17.7. The fourth-order valence-corrected chi connectivity index (χ4v) is 6.19. The molecule has 8 heteroatoms. The van der Waals surface area contributed by atoms with Gasteiger partial charge in [-0.1, -0.05) is 41.3 Å². The van der Waals surface area contributed by atoms with Gasteiger partial charge in [-0.05, 0) is 29.8 Å². The number of carbonyl (C=O) groups excluding carboxylic acids is 2. The van der Waals surface area contributed by atoms with Crippen molar-refractivity contribution in [1.82, 2.24) is 4.98 Å². The third-order valence-electron chi connectivity index (χ3n) is 5.35. The van der Waals surface area contributed by atoms with Crippen LogP contribution in [0.2, 0.25) is 0 Å². The van der Waals surface area contributed by atoms with Crippen LogP contribution in [0.15, 0.2) is 62.8 Å². The number of fused-ring (bicyclic) bond motifs is 2. The number of hydrogen-bond donors (Lipinski definition) is 2. The molecule has 150 valence electrons. The van der Waals surface area contributed by atoms with Crippen molar-refractivity contribution in [3.8, 4) is 5.75 Å². The maximum atomic E-state index is 13.5. The molecular formula is C22H16N2O4S2. The number of anilines is 1. The number of aromatic amines is 1. The Morgan fingerprint density at radius 1 is 1.00 bits per heavy atom. The molecular weight excluding hydrogens is 420 g/mol. The highest BCUT2D eigenvalue weighted by atomic mass is 32.2. The number of phenolic OH excluding ortho intramolecular Hbond substituents is 1. The van der Waals surface area contributed by atoms with Gasteiger partial charge >= 0.3 is 4.87 Å². The largest absolute Gasteiger partial charge is 0.507 e. The Hall–Kier alpha value is -3.10. The summed E-state index contributed by atoms with van der Waals surface area (Å²) in [6.45, 7) is 0. The van der Waals surface area contributed by atoms with E-state index in [9.17, 15) is 19.5 Å². The van der Waals surface area contributed by atoms with E-state index in [1.165, 1.54) is 6.07 Å². The predicted octanol–water partition coefficient (Wildman–Crippen LogP) is 3.78. The van der Waals surface area contributed by atoms with Crippen molar-refractivity contribution in [2.45, 2.75) is 10.9 Å². The lowest BCUT2D eigenvalue weighted by atomic mass is 9.79. The molecule has 2 N–H and O–H groups in total. The van der Waals surface area contributed by atoms with Crippen molar-refractivity contribution in [3.05, 3.63) is 84.2 Å². The number of thiazole rings is 1.